The van der Waals surface area contributed by atoms with Gasteiger partial charge in [0, 0.05) is 26.0 Å². The highest BCUT2D eigenvalue weighted by molar-refractivity contribution is 5.67. The fourth-order valence-corrected chi connectivity index (χ4v) is 1.33. The fourth-order valence-electron chi connectivity index (χ4n) is 1.33. The van der Waals surface area contributed by atoms with Crippen LogP contribution < -0.4 is 0 Å². The number of rotatable bonds is 6. The van der Waals surface area contributed by atoms with Crippen LogP contribution in [-0.2, 0) is 16.0 Å². The molecular formula is C13H23N3O3. The number of hydrogen-bond acceptors (Lipinski definition) is 4. The van der Waals surface area contributed by atoms with Gasteiger partial charge >= 0.3 is 6.09 Å². The summed E-state index contributed by atoms with van der Waals surface area (Å²) in [5, 5.41) is 4.07. The van der Waals surface area contributed by atoms with E-state index < -0.39 is 5.60 Å². The molecule has 0 fully saturated rings. The highest BCUT2D eigenvalue weighted by Crippen LogP contribution is 2.08. The lowest BCUT2D eigenvalue weighted by molar-refractivity contribution is 0.0227. The molecule has 0 radical (unpaired) electrons. The predicted octanol–water partition coefficient (Wildman–Crippen LogP) is 1.77. The standard InChI is InChI=1S/C13H23N3O3/c1-13(2,3)19-12(17)15(4)8-10-18-11-9-16-7-5-6-14-16/h5-7H,8-11H2,1-4H3. The van der Waals surface area contributed by atoms with Gasteiger partial charge in [-0.2, -0.15) is 5.10 Å². The molecule has 0 unspecified atom stereocenters. The van der Waals surface area contributed by atoms with Gasteiger partial charge in [-0.05, 0) is 26.8 Å². The number of amides is 1. The number of hydrogen-bond donors (Lipinski definition) is 0. The van der Waals surface area contributed by atoms with E-state index in [1.165, 1.54) is 4.90 Å². The van der Waals surface area contributed by atoms with Crippen molar-refractivity contribution in [3.05, 3.63) is 18.5 Å². The summed E-state index contributed by atoms with van der Waals surface area (Å²) in [4.78, 5) is 13.2. The van der Waals surface area contributed by atoms with E-state index >= 15 is 0 Å². The monoisotopic (exact) mass is 269 g/mol. The van der Waals surface area contributed by atoms with Gasteiger partial charge in [-0.1, -0.05) is 0 Å². The van der Waals surface area contributed by atoms with Crippen molar-refractivity contribution in [2.75, 3.05) is 26.8 Å². The molecule has 0 aliphatic carbocycles. The zero-order valence-electron chi connectivity index (χ0n) is 12.1. The van der Waals surface area contributed by atoms with E-state index in [2.05, 4.69) is 5.10 Å². The maximum atomic E-state index is 11.6. The number of carbonyl (C=O) groups excluding carboxylic acids is 1. The molecule has 0 atom stereocenters. The Morgan fingerprint density at radius 2 is 2.11 bits per heavy atom. The summed E-state index contributed by atoms with van der Waals surface area (Å²) < 4.78 is 12.5. The normalized spacial score (nSPS) is 11.4. The molecular weight excluding hydrogens is 246 g/mol. The Labute approximate surface area is 114 Å². The summed E-state index contributed by atoms with van der Waals surface area (Å²) >= 11 is 0. The maximum Gasteiger partial charge on any atom is 0.410 e. The summed E-state index contributed by atoms with van der Waals surface area (Å²) in [6.07, 6.45) is 3.29. The molecule has 1 heterocycles. The zero-order chi connectivity index (χ0) is 14.3. The fraction of sp³-hybridized carbons (Fsp3) is 0.692. The Hall–Kier alpha value is -1.56. The van der Waals surface area contributed by atoms with Crippen LogP contribution in [0, 0.1) is 0 Å². The van der Waals surface area contributed by atoms with Crippen LogP contribution in [0.3, 0.4) is 0 Å². The predicted molar refractivity (Wildman–Crippen MR) is 71.9 cm³/mol. The molecule has 1 aromatic heterocycles. The third-order valence-corrected chi connectivity index (χ3v) is 2.30. The SMILES string of the molecule is CN(CCOCCn1cccn1)C(=O)OC(C)(C)C. The van der Waals surface area contributed by atoms with Crippen LogP contribution in [-0.4, -0.2) is 53.2 Å². The first-order valence-corrected chi connectivity index (χ1v) is 6.38. The summed E-state index contributed by atoms with van der Waals surface area (Å²) in [6, 6.07) is 1.87. The largest absolute Gasteiger partial charge is 0.444 e. The van der Waals surface area contributed by atoms with Crippen LogP contribution in [0.15, 0.2) is 18.5 Å². The molecule has 0 saturated carbocycles. The Kier molecular flexibility index (Phi) is 5.82. The molecule has 0 N–H and O–H groups in total. The third-order valence-electron chi connectivity index (χ3n) is 2.30. The molecule has 0 aromatic carbocycles. The van der Waals surface area contributed by atoms with Crippen molar-refractivity contribution in [1.82, 2.24) is 14.7 Å². The lowest BCUT2D eigenvalue weighted by atomic mass is 10.2. The second kappa shape index (κ2) is 7.13. The van der Waals surface area contributed by atoms with Gasteiger partial charge in [-0.15, -0.1) is 0 Å². The number of likely N-dealkylation sites (N-methyl/N-ethyl adjacent to an activating group) is 1. The smallest absolute Gasteiger partial charge is 0.410 e. The highest BCUT2D eigenvalue weighted by atomic mass is 16.6. The van der Waals surface area contributed by atoms with Gasteiger partial charge in [0.05, 0.1) is 19.8 Å². The maximum absolute atomic E-state index is 11.6. The van der Waals surface area contributed by atoms with Crippen LogP contribution in [0.1, 0.15) is 20.8 Å². The van der Waals surface area contributed by atoms with Crippen molar-refractivity contribution in [3.8, 4) is 0 Å². The van der Waals surface area contributed by atoms with Gasteiger partial charge in [-0.3, -0.25) is 4.68 Å². The van der Waals surface area contributed by atoms with Gasteiger partial charge in [0.2, 0.25) is 0 Å². The molecule has 108 valence electrons. The second-order valence-electron chi connectivity index (χ2n) is 5.28. The summed E-state index contributed by atoms with van der Waals surface area (Å²) in [7, 11) is 1.70. The van der Waals surface area contributed by atoms with E-state index in [0.29, 0.717) is 26.3 Å². The highest BCUT2D eigenvalue weighted by Gasteiger charge is 2.19. The Morgan fingerprint density at radius 1 is 1.37 bits per heavy atom. The topological polar surface area (TPSA) is 56.6 Å². The van der Waals surface area contributed by atoms with Crippen LogP contribution in [0.4, 0.5) is 4.79 Å². The molecule has 1 aromatic rings. The van der Waals surface area contributed by atoms with Crippen LogP contribution in [0.25, 0.3) is 0 Å². The quantitative estimate of drug-likeness (QED) is 0.738. The molecule has 19 heavy (non-hydrogen) atoms. The van der Waals surface area contributed by atoms with E-state index in [1.54, 1.807) is 17.9 Å². The molecule has 0 aliphatic rings. The number of carbonyl (C=O) groups is 1. The molecule has 0 saturated heterocycles. The number of ether oxygens (including phenoxy) is 2. The van der Waals surface area contributed by atoms with E-state index in [9.17, 15) is 4.79 Å². The average Bonchev–Trinajstić information content (AvgIpc) is 2.79. The van der Waals surface area contributed by atoms with Crippen molar-refractivity contribution in [2.24, 2.45) is 0 Å². The second-order valence-corrected chi connectivity index (χ2v) is 5.28. The summed E-state index contributed by atoms with van der Waals surface area (Å²) in [5.41, 5.74) is -0.466. The van der Waals surface area contributed by atoms with Gasteiger partial charge in [0.1, 0.15) is 5.60 Å². The first-order chi connectivity index (χ1) is 8.88. The minimum atomic E-state index is -0.466. The molecule has 6 heteroatoms. The van der Waals surface area contributed by atoms with Crippen LogP contribution >= 0.6 is 0 Å². The third kappa shape index (κ3) is 6.81. The van der Waals surface area contributed by atoms with Gasteiger partial charge in [-0.25, -0.2) is 4.79 Å². The van der Waals surface area contributed by atoms with E-state index in [0.717, 1.165) is 0 Å². The number of aromatic nitrogens is 2. The van der Waals surface area contributed by atoms with Crippen molar-refractivity contribution < 1.29 is 14.3 Å². The molecule has 0 bridgehead atoms. The Bertz CT molecular complexity index is 371. The average molecular weight is 269 g/mol. The summed E-state index contributed by atoms with van der Waals surface area (Å²) in [5.74, 6) is 0. The van der Waals surface area contributed by atoms with E-state index in [1.807, 2.05) is 33.0 Å². The molecule has 0 spiro atoms. The minimum Gasteiger partial charge on any atom is -0.444 e. The molecule has 6 nitrogen and oxygen atoms in total. The van der Waals surface area contributed by atoms with Crippen molar-refractivity contribution >= 4 is 6.09 Å². The van der Waals surface area contributed by atoms with Gasteiger partial charge in [0.25, 0.3) is 0 Å². The van der Waals surface area contributed by atoms with Crippen molar-refractivity contribution in [1.29, 1.82) is 0 Å². The lowest BCUT2D eigenvalue weighted by Gasteiger charge is -2.24. The van der Waals surface area contributed by atoms with Crippen LogP contribution in [0.5, 0.6) is 0 Å². The summed E-state index contributed by atoms with van der Waals surface area (Å²) in [6.45, 7) is 7.82. The van der Waals surface area contributed by atoms with Gasteiger partial charge < -0.3 is 14.4 Å². The van der Waals surface area contributed by atoms with E-state index in [-0.39, 0.29) is 6.09 Å². The van der Waals surface area contributed by atoms with Gasteiger partial charge in [0.15, 0.2) is 0 Å². The first kappa shape index (κ1) is 15.5. The zero-order valence-corrected chi connectivity index (χ0v) is 12.1. The van der Waals surface area contributed by atoms with Crippen molar-refractivity contribution in [3.63, 3.8) is 0 Å². The Balaban J connectivity index is 2.10. The Morgan fingerprint density at radius 3 is 2.68 bits per heavy atom. The number of nitrogens with zero attached hydrogens (tertiary/aromatic N) is 3. The molecule has 0 aliphatic heterocycles. The first-order valence-electron chi connectivity index (χ1n) is 6.38. The molecule has 1 amide bonds. The van der Waals surface area contributed by atoms with Crippen LogP contribution in [0.2, 0.25) is 0 Å². The molecule has 1 rings (SSSR count). The van der Waals surface area contributed by atoms with Crippen molar-refractivity contribution in [2.45, 2.75) is 32.9 Å². The lowest BCUT2D eigenvalue weighted by Crippen LogP contribution is -2.36. The minimum absolute atomic E-state index is 0.330. The van der Waals surface area contributed by atoms with E-state index in [4.69, 9.17) is 9.47 Å².